The minimum Gasteiger partial charge on any atom is -0.461 e. The van der Waals surface area contributed by atoms with Gasteiger partial charge in [0.15, 0.2) is 11.7 Å². The van der Waals surface area contributed by atoms with E-state index in [2.05, 4.69) is 30.8 Å². The van der Waals surface area contributed by atoms with Crippen molar-refractivity contribution in [1.82, 2.24) is 30.7 Å². The van der Waals surface area contributed by atoms with Gasteiger partial charge in [0.05, 0.1) is 12.8 Å². The average molecular weight is 399 g/mol. The molecule has 2 aromatic rings. The zero-order valence-electron chi connectivity index (χ0n) is 15.6. The van der Waals surface area contributed by atoms with Gasteiger partial charge in [0.2, 0.25) is 5.82 Å². The monoisotopic (exact) mass is 399 g/mol. The van der Waals surface area contributed by atoms with Gasteiger partial charge in [0.1, 0.15) is 5.82 Å². The predicted molar refractivity (Wildman–Crippen MR) is 97.8 cm³/mol. The highest BCUT2D eigenvalue weighted by Crippen LogP contribution is 2.20. The second-order valence-electron chi connectivity index (χ2n) is 6.57. The summed E-state index contributed by atoms with van der Waals surface area (Å²) in [5.41, 5.74) is 0. The summed E-state index contributed by atoms with van der Waals surface area (Å²) in [5, 5.41) is 13.3. The molecule has 1 fully saturated rings. The van der Waals surface area contributed by atoms with Crippen molar-refractivity contribution in [2.45, 2.75) is 32.0 Å². The molecule has 3 N–H and O–H groups in total. The van der Waals surface area contributed by atoms with Crippen LogP contribution >= 0.6 is 0 Å². The molecule has 1 aliphatic heterocycles. The number of alkyl halides is 3. The lowest BCUT2D eigenvalue weighted by atomic mass is 10.3. The number of aromatic nitrogens is 3. The molecule has 1 unspecified atom stereocenters. The van der Waals surface area contributed by atoms with Crippen LogP contribution in [0.15, 0.2) is 27.8 Å². The fourth-order valence-electron chi connectivity index (χ4n) is 3.06. The molecule has 28 heavy (non-hydrogen) atoms. The number of H-pyrrole nitrogens is 1. The summed E-state index contributed by atoms with van der Waals surface area (Å²) in [6.07, 6.45) is -1.41. The van der Waals surface area contributed by atoms with Crippen molar-refractivity contribution >= 4 is 5.96 Å². The summed E-state index contributed by atoms with van der Waals surface area (Å²) in [7, 11) is 0. The van der Waals surface area contributed by atoms with E-state index in [-0.39, 0.29) is 6.04 Å². The van der Waals surface area contributed by atoms with Gasteiger partial charge in [-0.2, -0.15) is 18.3 Å². The van der Waals surface area contributed by atoms with Crippen molar-refractivity contribution in [2.24, 2.45) is 4.99 Å². The van der Waals surface area contributed by atoms with E-state index in [9.17, 15) is 13.2 Å². The van der Waals surface area contributed by atoms with Gasteiger partial charge < -0.3 is 15.1 Å². The number of hydrogen-bond acceptors (Lipinski definition) is 5. The van der Waals surface area contributed by atoms with Crippen LogP contribution in [-0.2, 0) is 6.42 Å². The van der Waals surface area contributed by atoms with Crippen LogP contribution in [0.4, 0.5) is 13.2 Å². The van der Waals surface area contributed by atoms with E-state index < -0.39 is 12.7 Å². The SMILES string of the molecule is CCNC(=NCCc1nc(-c2ccco2)n[nH]1)NC1CCN(CC(F)(F)F)C1. The molecule has 154 valence electrons. The summed E-state index contributed by atoms with van der Waals surface area (Å²) >= 11 is 0. The summed E-state index contributed by atoms with van der Waals surface area (Å²) < 4.78 is 42.8. The summed E-state index contributed by atoms with van der Waals surface area (Å²) in [6.45, 7) is 2.95. The largest absolute Gasteiger partial charge is 0.461 e. The minimum absolute atomic E-state index is 0.0593. The van der Waals surface area contributed by atoms with Crippen LogP contribution in [0.3, 0.4) is 0 Å². The number of likely N-dealkylation sites (tertiary alicyclic amines) is 1. The first-order valence-electron chi connectivity index (χ1n) is 9.22. The fourth-order valence-corrected chi connectivity index (χ4v) is 3.06. The second-order valence-corrected chi connectivity index (χ2v) is 6.57. The van der Waals surface area contributed by atoms with Crippen LogP contribution in [0, 0.1) is 0 Å². The lowest BCUT2D eigenvalue weighted by Gasteiger charge is -2.19. The van der Waals surface area contributed by atoms with E-state index in [4.69, 9.17) is 4.42 Å². The lowest BCUT2D eigenvalue weighted by Crippen LogP contribution is -2.45. The number of nitrogens with one attached hydrogen (secondary N) is 3. The third-order valence-corrected chi connectivity index (χ3v) is 4.25. The lowest BCUT2D eigenvalue weighted by molar-refractivity contribution is -0.143. The molecule has 8 nitrogen and oxygen atoms in total. The Morgan fingerprint density at radius 2 is 2.32 bits per heavy atom. The molecule has 0 aliphatic carbocycles. The standard InChI is InChI=1S/C17H24F3N7O/c1-2-21-16(23-12-6-8-27(10-12)11-17(18,19)20)22-7-5-14-24-15(26-25-14)13-4-3-9-28-13/h3-4,9,12H,2,5-8,10-11H2,1H3,(H2,21,22,23)(H,24,25,26). The predicted octanol–water partition coefficient (Wildman–Crippen LogP) is 1.80. The molecule has 0 amide bonds. The highest BCUT2D eigenvalue weighted by molar-refractivity contribution is 5.80. The molecule has 0 spiro atoms. The average Bonchev–Trinajstić information content (AvgIpc) is 3.35. The van der Waals surface area contributed by atoms with Crippen molar-refractivity contribution in [2.75, 3.05) is 32.7 Å². The van der Waals surface area contributed by atoms with Gasteiger partial charge in [-0.05, 0) is 25.5 Å². The molecule has 3 heterocycles. The van der Waals surface area contributed by atoms with E-state index in [1.54, 1.807) is 18.4 Å². The van der Waals surface area contributed by atoms with Crippen LogP contribution in [0.5, 0.6) is 0 Å². The Morgan fingerprint density at radius 3 is 3.04 bits per heavy atom. The minimum atomic E-state index is -4.17. The van der Waals surface area contributed by atoms with Crippen molar-refractivity contribution < 1.29 is 17.6 Å². The smallest absolute Gasteiger partial charge is 0.401 e. The Bertz CT molecular complexity index is 757. The maximum Gasteiger partial charge on any atom is 0.401 e. The maximum atomic E-state index is 12.5. The molecule has 0 saturated carbocycles. The maximum absolute atomic E-state index is 12.5. The molecule has 1 aliphatic rings. The Kier molecular flexibility index (Phi) is 6.55. The van der Waals surface area contributed by atoms with Crippen LogP contribution in [0.2, 0.25) is 0 Å². The molecule has 2 aromatic heterocycles. The van der Waals surface area contributed by atoms with E-state index in [0.717, 1.165) is 0 Å². The normalized spacial score (nSPS) is 18.6. The van der Waals surface area contributed by atoms with Gasteiger partial charge in [-0.1, -0.05) is 0 Å². The Hall–Kier alpha value is -2.56. The first-order chi connectivity index (χ1) is 13.4. The highest BCUT2D eigenvalue weighted by Gasteiger charge is 2.34. The van der Waals surface area contributed by atoms with Crippen molar-refractivity contribution in [3.05, 3.63) is 24.2 Å². The topological polar surface area (TPSA) is 94.4 Å². The summed E-state index contributed by atoms with van der Waals surface area (Å²) in [5.74, 6) is 2.35. The number of aromatic amines is 1. The fraction of sp³-hybridized carbons (Fsp3) is 0.588. The molecule has 3 rings (SSSR count). The van der Waals surface area contributed by atoms with Crippen LogP contribution in [0.1, 0.15) is 19.2 Å². The van der Waals surface area contributed by atoms with Crippen LogP contribution in [-0.4, -0.2) is 71.0 Å². The molecule has 1 saturated heterocycles. The van der Waals surface area contributed by atoms with Crippen molar-refractivity contribution in [3.63, 3.8) is 0 Å². The van der Waals surface area contributed by atoms with Gasteiger partial charge in [-0.15, -0.1) is 0 Å². The summed E-state index contributed by atoms with van der Waals surface area (Å²) in [6, 6.07) is 3.49. The van der Waals surface area contributed by atoms with E-state index in [1.807, 2.05) is 6.92 Å². The molecule has 1 atom stereocenters. The molecular formula is C17H24F3N7O. The molecule has 0 aromatic carbocycles. The number of hydrogen-bond donors (Lipinski definition) is 3. The molecule has 0 radical (unpaired) electrons. The van der Waals surface area contributed by atoms with E-state index in [1.165, 1.54) is 4.90 Å². The third-order valence-electron chi connectivity index (χ3n) is 4.25. The number of halogens is 3. The number of aliphatic imine (C=N–C) groups is 1. The molecular weight excluding hydrogens is 375 g/mol. The quantitative estimate of drug-likeness (QED) is 0.486. The number of furan rings is 1. The van der Waals surface area contributed by atoms with Gasteiger partial charge in [0, 0.05) is 38.6 Å². The Balaban J connectivity index is 1.49. The number of nitrogens with zero attached hydrogens (tertiary/aromatic N) is 4. The van der Waals surface area contributed by atoms with Gasteiger partial charge in [-0.3, -0.25) is 15.0 Å². The first kappa shape index (κ1) is 20.2. The van der Waals surface area contributed by atoms with Crippen molar-refractivity contribution in [1.29, 1.82) is 0 Å². The molecule has 11 heteroatoms. The van der Waals surface area contributed by atoms with Gasteiger partial charge in [-0.25, -0.2) is 4.98 Å². The van der Waals surface area contributed by atoms with E-state index >= 15 is 0 Å². The zero-order chi connectivity index (χ0) is 20.0. The Labute approximate surface area is 160 Å². The van der Waals surface area contributed by atoms with Gasteiger partial charge >= 0.3 is 6.18 Å². The second kappa shape index (κ2) is 9.09. The van der Waals surface area contributed by atoms with Crippen LogP contribution < -0.4 is 10.6 Å². The number of rotatable bonds is 7. The first-order valence-corrected chi connectivity index (χ1v) is 9.22. The molecule has 0 bridgehead atoms. The highest BCUT2D eigenvalue weighted by atomic mass is 19.4. The van der Waals surface area contributed by atoms with E-state index in [0.29, 0.717) is 62.4 Å². The third kappa shape index (κ3) is 5.98. The van der Waals surface area contributed by atoms with Crippen molar-refractivity contribution in [3.8, 4) is 11.6 Å². The zero-order valence-corrected chi connectivity index (χ0v) is 15.6. The van der Waals surface area contributed by atoms with Crippen LogP contribution in [0.25, 0.3) is 11.6 Å². The number of guanidine groups is 1. The summed E-state index contributed by atoms with van der Waals surface area (Å²) in [4.78, 5) is 10.3. The van der Waals surface area contributed by atoms with Gasteiger partial charge in [0.25, 0.3) is 0 Å². The Morgan fingerprint density at radius 1 is 1.46 bits per heavy atom.